The molecule has 21 heavy (non-hydrogen) atoms. The van der Waals surface area contributed by atoms with Crippen molar-refractivity contribution in [3.8, 4) is 0 Å². The first-order chi connectivity index (χ1) is 9.93. The van der Waals surface area contributed by atoms with Gasteiger partial charge in [-0.05, 0) is 33.0 Å². The van der Waals surface area contributed by atoms with Gasteiger partial charge < -0.3 is 20.3 Å². The molecule has 1 aromatic carbocycles. The van der Waals surface area contributed by atoms with Crippen LogP contribution < -0.4 is 15.5 Å². The van der Waals surface area contributed by atoms with Crippen LogP contribution >= 0.6 is 11.6 Å². The highest BCUT2D eigenvalue weighted by Crippen LogP contribution is 2.38. The third-order valence-corrected chi connectivity index (χ3v) is 3.83. The van der Waals surface area contributed by atoms with Crippen LogP contribution in [-0.2, 0) is 9.53 Å². The molecule has 6 heteroatoms. The molecule has 1 heterocycles. The van der Waals surface area contributed by atoms with Crippen molar-refractivity contribution in [2.75, 3.05) is 37.5 Å². The minimum absolute atomic E-state index is 0.0495. The molecule has 0 fully saturated rings. The van der Waals surface area contributed by atoms with E-state index in [9.17, 15) is 4.79 Å². The van der Waals surface area contributed by atoms with Crippen LogP contribution in [0.4, 0.5) is 11.4 Å². The Labute approximate surface area is 130 Å². The number of benzene rings is 1. The molecule has 0 radical (unpaired) electrons. The number of nitrogens with zero attached hydrogens (tertiary/aromatic N) is 1. The number of nitrogens with one attached hydrogen (secondary N) is 2. The summed E-state index contributed by atoms with van der Waals surface area (Å²) in [5.41, 5.74) is 2.60. The van der Waals surface area contributed by atoms with E-state index in [-0.39, 0.29) is 18.1 Å². The molecule has 0 spiro atoms. The Morgan fingerprint density at radius 1 is 1.48 bits per heavy atom. The Morgan fingerprint density at radius 3 is 2.81 bits per heavy atom. The number of amides is 1. The maximum Gasteiger partial charge on any atom is 0.246 e. The van der Waals surface area contributed by atoms with Crippen molar-refractivity contribution in [3.63, 3.8) is 0 Å². The summed E-state index contributed by atoms with van der Waals surface area (Å²) < 4.78 is 5.55. The fraction of sp³-hybridized carbons (Fsp3) is 0.533. The molecule has 1 aliphatic heterocycles. The number of ether oxygens (including phenoxy) is 1. The zero-order chi connectivity index (χ0) is 15.6. The van der Waals surface area contributed by atoms with E-state index in [1.165, 1.54) is 0 Å². The van der Waals surface area contributed by atoms with Crippen molar-refractivity contribution in [2.24, 2.45) is 0 Å². The summed E-state index contributed by atoms with van der Waals surface area (Å²) in [7, 11) is 3.72. The van der Waals surface area contributed by atoms with E-state index < -0.39 is 0 Å². The van der Waals surface area contributed by atoms with E-state index in [1.54, 1.807) is 7.05 Å². The van der Waals surface area contributed by atoms with Crippen LogP contribution in [0.1, 0.15) is 25.5 Å². The maximum absolute atomic E-state index is 11.9. The molecule has 0 aliphatic carbocycles. The first-order valence-corrected chi connectivity index (χ1v) is 7.46. The van der Waals surface area contributed by atoms with E-state index in [0.29, 0.717) is 11.6 Å². The minimum atomic E-state index is -0.332. The number of fused-ring (bicyclic) bond motifs is 1. The molecular weight excluding hydrogens is 290 g/mol. The Hall–Kier alpha value is -1.30. The predicted molar refractivity (Wildman–Crippen MR) is 86.2 cm³/mol. The minimum Gasteiger partial charge on any atom is -0.377 e. The van der Waals surface area contributed by atoms with Crippen molar-refractivity contribution in [3.05, 3.63) is 22.7 Å². The number of likely N-dealkylation sites (N-methyl/N-ethyl adjacent to an activating group) is 2. The Morgan fingerprint density at radius 2 is 2.19 bits per heavy atom. The van der Waals surface area contributed by atoms with Gasteiger partial charge >= 0.3 is 0 Å². The number of hydrogen-bond acceptors (Lipinski definition) is 4. The van der Waals surface area contributed by atoms with Crippen LogP contribution in [0.15, 0.2) is 12.1 Å². The van der Waals surface area contributed by atoms with Gasteiger partial charge in [0.1, 0.15) is 6.04 Å². The Bertz CT molecular complexity index is 534. The van der Waals surface area contributed by atoms with Gasteiger partial charge in [-0.2, -0.15) is 0 Å². The van der Waals surface area contributed by atoms with Crippen LogP contribution in [-0.4, -0.2) is 39.3 Å². The lowest BCUT2D eigenvalue weighted by atomic mass is 10.1. The van der Waals surface area contributed by atoms with Gasteiger partial charge in [0.15, 0.2) is 0 Å². The van der Waals surface area contributed by atoms with Gasteiger partial charge in [0.2, 0.25) is 5.91 Å². The summed E-state index contributed by atoms with van der Waals surface area (Å²) in [6.07, 6.45) is 0.213. The van der Waals surface area contributed by atoms with Gasteiger partial charge in [-0.3, -0.25) is 4.79 Å². The average Bonchev–Trinajstić information content (AvgIpc) is 2.71. The SMILES string of the molecule is CNC1C(=O)Nc2cc(N(C)CCOC(C)C)c(Cl)cc21. The number of halogens is 1. The van der Waals surface area contributed by atoms with Crippen LogP contribution in [0.3, 0.4) is 0 Å². The average molecular weight is 312 g/mol. The van der Waals surface area contributed by atoms with E-state index in [4.69, 9.17) is 16.3 Å². The molecule has 0 saturated carbocycles. The number of carbonyl (C=O) groups is 1. The number of carbonyl (C=O) groups excluding carboxylic acids is 1. The number of hydrogen-bond donors (Lipinski definition) is 2. The standard InChI is InChI=1S/C15H22ClN3O2/c1-9(2)21-6-5-19(4)13-8-12-10(7-11(13)16)14(17-3)15(20)18-12/h7-9,14,17H,5-6H2,1-4H3,(H,18,20). The summed E-state index contributed by atoms with van der Waals surface area (Å²) in [5, 5.41) is 6.50. The second kappa shape index (κ2) is 6.64. The molecule has 5 nitrogen and oxygen atoms in total. The normalized spacial score (nSPS) is 17.0. The van der Waals surface area contributed by atoms with Crippen molar-refractivity contribution in [1.82, 2.24) is 5.32 Å². The lowest BCUT2D eigenvalue weighted by molar-refractivity contribution is -0.117. The third-order valence-electron chi connectivity index (χ3n) is 3.53. The summed E-state index contributed by atoms with van der Waals surface area (Å²) in [5.74, 6) is -0.0495. The van der Waals surface area contributed by atoms with Crippen LogP contribution in [0.5, 0.6) is 0 Å². The second-order valence-electron chi connectivity index (χ2n) is 5.44. The summed E-state index contributed by atoms with van der Waals surface area (Å²) >= 11 is 6.36. The number of rotatable bonds is 6. The zero-order valence-electron chi connectivity index (χ0n) is 12.9. The highest BCUT2D eigenvalue weighted by Gasteiger charge is 2.30. The third kappa shape index (κ3) is 3.48. The molecule has 0 aromatic heterocycles. The van der Waals surface area contributed by atoms with Gasteiger partial charge in [-0.1, -0.05) is 11.6 Å². The molecular formula is C15H22ClN3O2. The summed E-state index contributed by atoms with van der Waals surface area (Å²) in [6, 6.07) is 3.44. The molecule has 1 unspecified atom stereocenters. The zero-order valence-corrected chi connectivity index (χ0v) is 13.6. The lowest BCUT2D eigenvalue weighted by Gasteiger charge is -2.22. The summed E-state index contributed by atoms with van der Waals surface area (Å²) in [4.78, 5) is 13.9. The van der Waals surface area contributed by atoms with E-state index in [2.05, 4.69) is 10.6 Å². The molecule has 1 amide bonds. The Kier molecular flexibility index (Phi) is 5.08. The molecule has 116 valence electrons. The van der Waals surface area contributed by atoms with Gasteiger partial charge in [0, 0.05) is 24.8 Å². The molecule has 2 N–H and O–H groups in total. The molecule has 1 atom stereocenters. The van der Waals surface area contributed by atoms with E-state index >= 15 is 0 Å². The van der Waals surface area contributed by atoms with Gasteiger partial charge in [-0.25, -0.2) is 0 Å². The van der Waals surface area contributed by atoms with Crippen molar-refractivity contribution in [1.29, 1.82) is 0 Å². The fourth-order valence-electron chi connectivity index (χ4n) is 2.40. The molecule has 0 bridgehead atoms. The lowest BCUT2D eigenvalue weighted by Crippen LogP contribution is -2.24. The van der Waals surface area contributed by atoms with E-state index in [1.807, 2.05) is 37.9 Å². The predicted octanol–water partition coefficient (Wildman–Crippen LogP) is 2.41. The van der Waals surface area contributed by atoms with Crippen molar-refractivity contribution >= 4 is 28.9 Å². The van der Waals surface area contributed by atoms with Crippen LogP contribution in [0, 0.1) is 0 Å². The number of anilines is 2. The monoisotopic (exact) mass is 311 g/mol. The van der Waals surface area contributed by atoms with Crippen LogP contribution in [0.25, 0.3) is 0 Å². The smallest absolute Gasteiger partial charge is 0.246 e. The highest BCUT2D eigenvalue weighted by molar-refractivity contribution is 6.33. The largest absolute Gasteiger partial charge is 0.377 e. The highest BCUT2D eigenvalue weighted by atomic mass is 35.5. The molecule has 1 aliphatic rings. The topological polar surface area (TPSA) is 53.6 Å². The molecule has 0 saturated heterocycles. The quantitative estimate of drug-likeness (QED) is 0.847. The Balaban J connectivity index is 2.16. The first-order valence-electron chi connectivity index (χ1n) is 7.08. The van der Waals surface area contributed by atoms with Crippen molar-refractivity contribution in [2.45, 2.75) is 26.0 Å². The maximum atomic E-state index is 11.9. The summed E-state index contributed by atoms with van der Waals surface area (Å²) in [6.45, 7) is 5.39. The second-order valence-corrected chi connectivity index (χ2v) is 5.85. The van der Waals surface area contributed by atoms with Gasteiger partial charge in [0.25, 0.3) is 0 Å². The molecule has 1 aromatic rings. The first kappa shape index (κ1) is 16.1. The van der Waals surface area contributed by atoms with Crippen molar-refractivity contribution < 1.29 is 9.53 Å². The van der Waals surface area contributed by atoms with Gasteiger partial charge in [0.05, 0.1) is 23.4 Å². The molecule has 2 rings (SSSR count). The van der Waals surface area contributed by atoms with E-state index in [0.717, 1.165) is 23.5 Å². The fourth-order valence-corrected chi connectivity index (χ4v) is 2.71. The van der Waals surface area contributed by atoms with Gasteiger partial charge in [-0.15, -0.1) is 0 Å². The van der Waals surface area contributed by atoms with Crippen LogP contribution in [0.2, 0.25) is 5.02 Å².